The highest BCUT2D eigenvalue weighted by atomic mass is 16.4. The zero-order valence-electron chi connectivity index (χ0n) is 8.40. The van der Waals surface area contributed by atoms with Gasteiger partial charge in [-0.25, -0.2) is 5.43 Å². The Labute approximate surface area is 86.3 Å². The van der Waals surface area contributed by atoms with Crippen LogP contribution in [0, 0.1) is 0 Å². The Bertz CT molecular complexity index is 395. The summed E-state index contributed by atoms with van der Waals surface area (Å²) in [4.78, 5) is 21.1. The standard InChI is InChI=1S/C9H11N3O3/c1-6(13)11-9-4-3-8(15-9)5-10-12-7(2)14/h3-5H,1-2H3,(H,11,13)(H,12,14). The Morgan fingerprint density at radius 1 is 1.33 bits per heavy atom. The number of amides is 2. The summed E-state index contributed by atoms with van der Waals surface area (Å²) in [6, 6.07) is 3.22. The van der Waals surface area contributed by atoms with E-state index < -0.39 is 0 Å². The largest absolute Gasteiger partial charge is 0.439 e. The van der Waals surface area contributed by atoms with Crippen LogP contribution in [-0.4, -0.2) is 18.0 Å². The minimum atomic E-state index is -0.264. The smallest absolute Gasteiger partial charge is 0.236 e. The van der Waals surface area contributed by atoms with Crippen molar-refractivity contribution >= 4 is 23.9 Å². The van der Waals surface area contributed by atoms with Gasteiger partial charge in [0.2, 0.25) is 11.8 Å². The van der Waals surface area contributed by atoms with Gasteiger partial charge in [0.05, 0.1) is 6.21 Å². The van der Waals surface area contributed by atoms with Crippen molar-refractivity contribution in [1.29, 1.82) is 0 Å². The lowest BCUT2D eigenvalue weighted by Crippen LogP contribution is -2.12. The average molecular weight is 209 g/mol. The van der Waals surface area contributed by atoms with Gasteiger partial charge >= 0.3 is 0 Å². The molecule has 2 amide bonds. The molecular formula is C9H11N3O3. The van der Waals surface area contributed by atoms with E-state index >= 15 is 0 Å². The number of furan rings is 1. The van der Waals surface area contributed by atoms with Crippen LogP contribution in [0.15, 0.2) is 21.7 Å². The van der Waals surface area contributed by atoms with Gasteiger partial charge in [-0.05, 0) is 6.07 Å². The molecule has 0 radical (unpaired) electrons. The van der Waals surface area contributed by atoms with Crippen LogP contribution in [0.25, 0.3) is 0 Å². The van der Waals surface area contributed by atoms with Crippen molar-refractivity contribution < 1.29 is 14.0 Å². The second-order valence-corrected chi connectivity index (χ2v) is 2.81. The molecule has 80 valence electrons. The number of rotatable bonds is 3. The van der Waals surface area contributed by atoms with E-state index in [0.29, 0.717) is 11.6 Å². The van der Waals surface area contributed by atoms with Crippen LogP contribution >= 0.6 is 0 Å². The summed E-state index contributed by atoms with van der Waals surface area (Å²) < 4.78 is 5.14. The number of carbonyl (C=O) groups is 2. The van der Waals surface area contributed by atoms with Crippen molar-refractivity contribution in [3.8, 4) is 0 Å². The van der Waals surface area contributed by atoms with Crippen LogP contribution in [0.4, 0.5) is 5.88 Å². The van der Waals surface area contributed by atoms with E-state index in [1.54, 1.807) is 12.1 Å². The molecule has 0 unspecified atom stereocenters. The van der Waals surface area contributed by atoms with Crippen LogP contribution in [0.1, 0.15) is 19.6 Å². The first-order valence-corrected chi connectivity index (χ1v) is 4.25. The summed E-state index contributed by atoms with van der Waals surface area (Å²) in [5, 5.41) is 6.07. The maximum Gasteiger partial charge on any atom is 0.236 e. The summed E-state index contributed by atoms with van der Waals surface area (Å²) in [5.41, 5.74) is 2.23. The molecule has 6 heteroatoms. The molecule has 0 aliphatic rings. The molecule has 1 rings (SSSR count). The summed E-state index contributed by atoms with van der Waals surface area (Å²) in [6.07, 6.45) is 1.34. The number of hydrogen-bond acceptors (Lipinski definition) is 4. The molecule has 0 spiro atoms. The van der Waals surface area contributed by atoms with Crippen molar-refractivity contribution in [1.82, 2.24) is 5.43 Å². The van der Waals surface area contributed by atoms with Gasteiger partial charge in [0.1, 0.15) is 5.76 Å². The molecule has 0 saturated heterocycles. The lowest BCUT2D eigenvalue weighted by atomic mass is 10.5. The van der Waals surface area contributed by atoms with Gasteiger partial charge in [-0.15, -0.1) is 0 Å². The van der Waals surface area contributed by atoms with E-state index in [2.05, 4.69) is 15.8 Å². The Kier molecular flexibility index (Phi) is 3.61. The molecule has 0 bridgehead atoms. The van der Waals surface area contributed by atoms with E-state index in [1.165, 1.54) is 20.1 Å². The minimum Gasteiger partial charge on any atom is -0.439 e. The van der Waals surface area contributed by atoms with Gasteiger partial charge in [0.25, 0.3) is 0 Å². The fourth-order valence-electron chi connectivity index (χ4n) is 0.850. The van der Waals surface area contributed by atoms with E-state index in [-0.39, 0.29) is 11.8 Å². The molecule has 0 saturated carbocycles. The number of carbonyl (C=O) groups excluding carboxylic acids is 2. The van der Waals surface area contributed by atoms with Crippen molar-refractivity contribution in [3.05, 3.63) is 17.9 Å². The van der Waals surface area contributed by atoms with Crippen molar-refractivity contribution in [2.45, 2.75) is 13.8 Å². The van der Waals surface area contributed by atoms with Crippen molar-refractivity contribution in [2.75, 3.05) is 5.32 Å². The first-order chi connectivity index (χ1) is 7.08. The predicted octanol–water partition coefficient (Wildman–Crippen LogP) is 0.708. The third-order valence-electron chi connectivity index (χ3n) is 1.34. The fourth-order valence-corrected chi connectivity index (χ4v) is 0.850. The number of nitrogens with zero attached hydrogens (tertiary/aromatic N) is 1. The summed E-state index contributed by atoms with van der Waals surface area (Å²) in [5.74, 6) is 0.300. The molecule has 0 aromatic carbocycles. The SMILES string of the molecule is CC(=O)NN=Cc1ccc(NC(C)=O)o1. The quantitative estimate of drug-likeness (QED) is 0.568. The van der Waals surface area contributed by atoms with Gasteiger partial charge in [0.15, 0.2) is 5.88 Å². The number of hydrogen-bond donors (Lipinski definition) is 2. The van der Waals surface area contributed by atoms with Gasteiger partial charge < -0.3 is 4.42 Å². The Hall–Kier alpha value is -2.11. The zero-order chi connectivity index (χ0) is 11.3. The van der Waals surface area contributed by atoms with Crippen molar-refractivity contribution in [3.63, 3.8) is 0 Å². The van der Waals surface area contributed by atoms with E-state index in [0.717, 1.165) is 0 Å². The summed E-state index contributed by atoms with van der Waals surface area (Å²) >= 11 is 0. The molecule has 1 heterocycles. The molecule has 0 fully saturated rings. The molecule has 6 nitrogen and oxygen atoms in total. The second-order valence-electron chi connectivity index (χ2n) is 2.81. The molecule has 1 aromatic rings. The first-order valence-electron chi connectivity index (χ1n) is 4.25. The lowest BCUT2D eigenvalue weighted by Gasteiger charge is -1.93. The van der Waals surface area contributed by atoms with Crippen LogP contribution in [-0.2, 0) is 9.59 Å². The van der Waals surface area contributed by atoms with Gasteiger partial charge in [-0.3, -0.25) is 14.9 Å². The number of anilines is 1. The molecule has 1 aromatic heterocycles. The van der Waals surface area contributed by atoms with Crippen molar-refractivity contribution in [2.24, 2.45) is 5.10 Å². The maximum absolute atomic E-state index is 10.7. The second kappa shape index (κ2) is 4.94. The van der Waals surface area contributed by atoms with E-state index in [4.69, 9.17) is 4.42 Å². The average Bonchev–Trinajstić information content (AvgIpc) is 2.50. The molecule has 0 aliphatic heterocycles. The fraction of sp³-hybridized carbons (Fsp3) is 0.222. The molecular weight excluding hydrogens is 198 g/mol. The third-order valence-corrected chi connectivity index (χ3v) is 1.34. The van der Waals surface area contributed by atoms with Crippen LogP contribution in [0.3, 0.4) is 0 Å². The van der Waals surface area contributed by atoms with Gasteiger partial charge in [-0.1, -0.05) is 0 Å². The Morgan fingerprint density at radius 3 is 2.67 bits per heavy atom. The van der Waals surface area contributed by atoms with Crippen LogP contribution in [0.5, 0.6) is 0 Å². The zero-order valence-corrected chi connectivity index (χ0v) is 8.40. The first kappa shape index (κ1) is 11.0. The number of hydrazone groups is 1. The molecule has 0 aliphatic carbocycles. The van der Waals surface area contributed by atoms with Gasteiger partial charge in [0, 0.05) is 19.9 Å². The van der Waals surface area contributed by atoms with E-state index in [1.807, 2.05) is 0 Å². The highest BCUT2D eigenvalue weighted by Gasteiger charge is 2.00. The summed E-state index contributed by atoms with van der Waals surface area (Å²) in [7, 11) is 0. The highest BCUT2D eigenvalue weighted by Crippen LogP contribution is 2.10. The number of nitrogens with one attached hydrogen (secondary N) is 2. The maximum atomic E-state index is 10.7. The third kappa shape index (κ3) is 4.08. The monoisotopic (exact) mass is 209 g/mol. The summed E-state index contributed by atoms with van der Waals surface area (Å²) in [6.45, 7) is 2.73. The lowest BCUT2D eigenvalue weighted by molar-refractivity contribution is -0.119. The predicted molar refractivity (Wildman–Crippen MR) is 54.4 cm³/mol. The van der Waals surface area contributed by atoms with Crippen LogP contribution in [0.2, 0.25) is 0 Å². The van der Waals surface area contributed by atoms with Crippen LogP contribution < -0.4 is 10.7 Å². The topological polar surface area (TPSA) is 83.7 Å². The highest BCUT2D eigenvalue weighted by molar-refractivity contribution is 5.88. The minimum absolute atomic E-state index is 0.213. The molecule has 15 heavy (non-hydrogen) atoms. The van der Waals surface area contributed by atoms with E-state index in [9.17, 15) is 9.59 Å². The normalized spacial score (nSPS) is 10.3. The Balaban J connectivity index is 2.56. The van der Waals surface area contributed by atoms with Gasteiger partial charge in [-0.2, -0.15) is 5.10 Å². The Morgan fingerprint density at radius 2 is 2.07 bits per heavy atom. The molecule has 0 atom stereocenters. The molecule has 2 N–H and O–H groups in total.